The Morgan fingerprint density at radius 2 is 1.90 bits per heavy atom. The standard InChI is InChI=1S/C16H21NO3/c17-14-3-1-13(2-4-14)16(7-8-16)15(18)20-11-12-5-9-19-10-6-12/h1-4,12H,5-11,17H2. The van der Waals surface area contributed by atoms with Gasteiger partial charge in [0.05, 0.1) is 12.0 Å². The fourth-order valence-corrected chi connectivity index (χ4v) is 2.78. The minimum Gasteiger partial charge on any atom is -0.465 e. The van der Waals surface area contributed by atoms with Gasteiger partial charge >= 0.3 is 5.97 Å². The summed E-state index contributed by atoms with van der Waals surface area (Å²) in [5, 5.41) is 0. The van der Waals surface area contributed by atoms with Crippen molar-refractivity contribution in [2.75, 3.05) is 25.6 Å². The van der Waals surface area contributed by atoms with Crippen molar-refractivity contribution >= 4 is 11.7 Å². The molecule has 2 aliphatic rings. The van der Waals surface area contributed by atoms with Crippen molar-refractivity contribution in [3.63, 3.8) is 0 Å². The van der Waals surface area contributed by atoms with Gasteiger partial charge in [-0.2, -0.15) is 0 Å². The number of nitrogens with two attached hydrogens (primary N) is 1. The molecule has 108 valence electrons. The zero-order chi connectivity index (χ0) is 14.0. The van der Waals surface area contributed by atoms with Crippen LogP contribution in [0.2, 0.25) is 0 Å². The molecule has 4 heteroatoms. The number of ether oxygens (including phenoxy) is 2. The zero-order valence-corrected chi connectivity index (χ0v) is 11.6. The lowest BCUT2D eigenvalue weighted by atomic mass is 9.95. The van der Waals surface area contributed by atoms with Gasteiger partial charge in [-0.25, -0.2) is 0 Å². The third kappa shape index (κ3) is 2.66. The number of benzene rings is 1. The quantitative estimate of drug-likeness (QED) is 0.676. The SMILES string of the molecule is Nc1ccc(C2(C(=O)OCC3CCOCC3)CC2)cc1. The second-order valence-electron chi connectivity index (χ2n) is 5.86. The van der Waals surface area contributed by atoms with Gasteiger partial charge in [-0.3, -0.25) is 4.79 Å². The first kappa shape index (κ1) is 13.4. The Hall–Kier alpha value is -1.55. The number of carbonyl (C=O) groups is 1. The maximum atomic E-state index is 12.4. The van der Waals surface area contributed by atoms with E-state index in [-0.39, 0.29) is 5.97 Å². The van der Waals surface area contributed by atoms with Gasteiger partial charge in [-0.1, -0.05) is 12.1 Å². The molecule has 0 spiro atoms. The highest BCUT2D eigenvalue weighted by atomic mass is 16.5. The highest BCUT2D eigenvalue weighted by molar-refractivity contribution is 5.86. The molecule has 20 heavy (non-hydrogen) atoms. The Kier molecular flexibility index (Phi) is 3.66. The van der Waals surface area contributed by atoms with Gasteiger partial charge in [-0.05, 0) is 49.3 Å². The molecule has 0 atom stereocenters. The second-order valence-corrected chi connectivity index (χ2v) is 5.86. The highest BCUT2D eigenvalue weighted by Crippen LogP contribution is 2.49. The van der Waals surface area contributed by atoms with Crippen LogP contribution in [0, 0.1) is 5.92 Å². The molecule has 2 fully saturated rings. The summed E-state index contributed by atoms with van der Waals surface area (Å²) in [6.45, 7) is 2.09. The second kappa shape index (κ2) is 5.44. The lowest BCUT2D eigenvalue weighted by Crippen LogP contribution is -2.27. The molecule has 1 aliphatic carbocycles. The van der Waals surface area contributed by atoms with Crippen molar-refractivity contribution in [2.45, 2.75) is 31.1 Å². The molecule has 2 N–H and O–H groups in total. The molecule has 0 aromatic heterocycles. The lowest BCUT2D eigenvalue weighted by molar-refractivity contribution is -0.149. The lowest BCUT2D eigenvalue weighted by Gasteiger charge is -2.23. The van der Waals surface area contributed by atoms with E-state index in [1.807, 2.05) is 24.3 Å². The van der Waals surface area contributed by atoms with E-state index in [1.165, 1.54) is 0 Å². The van der Waals surface area contributed by atoms with Crippen LogP contribution in [0.3, 0.4) is 0 Å². The Morgan fingerprint density at radius 3 is 2.50 bits per heavy atom. The molecule has 1 aliphatic heterocycles. The summed E-state index contributed by atoms with van der Waals surface area (Å²) in [5.74, 6) is 0.378. The van der Waals surface area contributed by atoms with Crippen LogP contribution in [-0.4, -0.2) is 25.8 Å². The largest absolute Gasteiger partial charge is 0.465 e. The first-order chi connectivity index (χ1) is 9.71. The van der Waals surface area contributed by atoms with Crippen molar-refractivity contribution in [3.8, 4) is 0 Å². The first-order valence-corrected chi connectivity index (χ1v) is 7.32. The summed E-state index contributed by atoms with van der Waals surface area (Å²) >= 11 is 0. The maximum Gasteiger partial charge on any atom is 0.316 e. The number of rotatable bonds is 4. The van der Waals surface area contributed by atoms with Crippen LogP contribution < -0.4 is 5.73 Å². The number of nitrogen functional groups attached to an aromatic ring is 1. The molecule has 0 bridgehead atoms. The topological polar surface area (TPSA) is 61.6 Å². The summed E-state index contributed by atoms with van der Waals surface area (Å²) < 4.78 is 10.9. The average molecular weight is 275 g/mol. The summed E-state index contributed by atoms with van der Waals surface area (Å²) in [7, 11) is 0. The van der Waals surface area contributed by atoms with Gasteiger partial charge in [0, 0.05) is 18.9 Å². The van der Waals surface area contributed by atoms with Crippen molar-refractivity contribution in [1.29, 1.82) is 0 Å². The van der Waals surface area contributed by atoms with Crippen molar-refractivity contribution in [3.05, 3.63) is 29.8 Å². The monoisotopic (exact) mass is 275 g/mol. The molecule has 1 aromatic rings. The summed E-state index contributed by atoms with van der Waals surface area (Å²) in [6, 6.07) is 7.58. The molecule has 4 nitrogen and oxygen atoms in total. The van der Waals surface area contributed by atoms with E-state index >= 15 is 0 Å². The highest BCUT2D eigenvalue weighted by Gasteiger charge is 2.52. The van der Waals surface area contributed by atoms with E-state index in [9.17, 15) is 4.79 Å². The molecule has 1 saturated carbocycles. The van der Waals surface area contributed by atoms with Crippen molar-refractivity contribution in [2.24, 2.45) is 5.92 Å². The van der Waals surface area contributed by atoms with Crippen LogP contribution >= 0.6 is 0 Å². The molecule has 0 amide bonds. The van der Waals surface area contributed by atoms with Crippen LogP contribution in [-0.2, 0) is 19.7 Å². The zero-order valence-electron chi connectivity index (χ0n) is 11.6. The van der Waals surface area contributed by atoms with Gasteiger partial charge in [0.2, 0.25) is 0 Å². The molecule has 0 radical (unpaired) electrons. The average Bonchev–Trinajstić information content (AvgIpc) is 3.28. The van der Waals surface area contributed by atoms with E-state index in [2.05, 4.69) is 0 Å². The van der Waals surface area contributed by atoms with E-state index in [0.29, 0.717) is 12.5 Å². The predicted molar refractivity (Wildman–Crippen MR) is 76.3 cm³/mol. The summed E-state index contributed by atoms with van der Waals surface area (Å²) in [4.78, 5) is 12.4. The van der Waals surface area contributed by atoms with E-state index in [0.717, 1.165) is 50.1 Å². The van der Waals surface area contributed by atoms with Crippen LogP contribution in [0.1, 0.15) is 31.2 Å². The molecule has 1 saturated heterocycles. The van der Waals surface area contributed by atoms with Crippen LogP contribution in [0.25, 0.3) is 0 Å². The Bertz CT molecular complexity index is 473. The fraction of sp³-hybridized carbons (Fsp3) is 0.562. The Balaban J connectivity index is 1.60. The van der Waals surface area contributed by atoms with Crippen LogP contribution in [0.4, 0.5) is 5.69 Å². The molecular weight excluding hydrogens is 254 g/mol. The van der Waals surface area contributed by atoms with E-state index in [1.54, 1.807) is 0 Å². The first-order valence-electron chi connectivity index (χ1n) is 7.32. The minimum atomic E-state index is -0.404. The van der Waals surface area contributed by atoms with E-state index in [4.69, 9.17) is 15.2 Å². The van der Waals surface area contributed by atoms with E-state index < -0.39 is 5.41 Å². The summed E-state index contributed by atoms with van der Waals surface area (Å²) in [6.07, 6.45) is 3.73. The maximum absolute atomic E-state index is 12.4. The Morgan fingerprint density at radius 1 is 1.25 bits per heavy atom. The summed E-state index contributed by atoms with van der Waals surface area (Å²) in [5.41, 5.74) is 7.04. The predicted octanol–water partition coefficient (Wildman–Crippen LogP) is 2.27. The number of anilines is 1. The number of hydrogen-bond acceptors (Lipinski definition) is 4. The number of esters is 1. The number of hydrogen-bond donors (Lipinski definition) is 1. The van der Waals surface area contributed by atoms with Crippen molar-refractivity contribution in [1.82, 2.24) is 0 Å². The van der Waals surface area contributed by atoms with Gasteiger partial charge in [0.25, 0.3) is 0 Å². The van der Waals surface area contributed by atoms with Gasteiger partial charge in [-0.15, -0.1) is 0 Å². The third-order valence-electron chi connectivity index (χ3n) is 4.40. The minimum absolute atomic E-state index is 0.0752. The van der Waals surface area contributed by atoms with Crippen LogP contribution in [0.15, 0.2) is 24.3 Å². The van der Waals surface area contributed by atoms with Gasteiger partial charge in [0.1, 0.15) is 0 Å². The smallest absolute Gasteiger partial charge is 0.316 e. The molecule has 3 rings (SSSR count). The fourth-order valence-electron chi connectivity index (χ4n) is 2.78. The normalized spacial score (nSPS) is 21.4. The Labute approximate surface area is 119 Å². The molecular formula is C16H21NO3. The number of carbonyl (C=O) groups excluding carboxylic acids is 1. The van der Waals surface area contributed by atoms with Crippen LogP contribution in [0.5, 0.6) is 0 Å². The molecule has 1 heterocycles. The third-order valence-corrected chi connectivity index (χ3v) is 4.40. The molecule has 0 unspecified atom stereocenters. The molecule has 1 aromatic carbocycles. The van der Waals surface area contributed by atoms with Crippen molar-refractivity contribution < 1.29 is 14.3 Å². The van der Waals surface area contributed by atoms with Gasteiger partial charge in [0.15, 0.2) is 0 Å². The van der Waals surface area contributed by atoms with Gasteiger partial charge < -0.3 is 15.2 Å².